The zero-order valence-corrected chi connectivity index (χ0v) is 14.2. The molecular formula is C19H17ClN2O3. The third-order valence-electron chi connectivity index (χ3n) is 4.28. The monoisotopic (exact) mass is 356 g/mol. The SMILES string of the molecule is O=C(/C=C/c1ccc(Cl)c([N+](=O)[O-])c1)NC1CCCc2ccccc21. The first-order valence-electron chi connectivity index (χ1n) is 8.05. The molecule has 5 nitrogen and oxygen atoms in total. The molecule has 1 atom stereocenters. The van der Waals surface area contributed by atoms with E-state index in [0.29, 0.717) is 5.56 Å². The van der Waals surface area contributed by atoms with Crippen molar-refractivity contribution >= 4 is 29.3 Å². The van der Waals surface area contributed by atoms with Gasteiger partial charge < -0.3 is 5.32 Å². The van der Waals surface area contributed by atoms with Crippen LogP contribution in [0.25, 0.3) is 6.08 Å². The number of amides is 1. The number of rotatable bonds is 4. The summed E-state index contributed by atoms with van der Waals surface area (Å²) in [6.45, 7) is 0. The largest absolute Gasteiger partial charge is 0.346 e. The van der Waals surface area contributed by atoms with Crippen LogP contribution in [-0.2, 0) is 11.2 Å². The Kier molecular flexibility index (Phi) is 5.14. The molecule has 0 aliphatic heterocycles. The summed E-state index contributed by atoms with van der Waals surface area (Å²) in [5, 5.41) is 14.0. The van der Waals surface area contributed by atoms with E-state index in [4.69, 9.17) is 11.6 Å². The molecule has 0 radical (unpaired) electrons. The number of aryl methyl sites for hydroxylation is 1. The van der Waals surface area contributed by atoms with Crippen LogP contribution in [0.15, 0.2) is 48.5 Å². The molecule has 2 aromatic carbocycles. The van der Waals surface area contributed by atoms with Gasteiger partial charge in [0.25, 0.3) is 5.69 Å². The average molecular weight is 357 g/mol. The molecule has 1 aliphatic carbocycles. The molecule has 0 heterocycles. The van der Waals surface area contributed by atoms with Crippen molar-refractivity contribution in [1.29, 1.82) is 0 Å². The van der Waals surface area contributed by atoms with Crippen LogP contribution in [-0.4, -0.2) is 10.8 Å². The topological polar surface area (TPSA) is 72.2 Å². The summed E-state index contributed by atoms with van der Waals surface area (Å²) in [5.74, 6) is -0.223. The average Bonchev–Trinajstić information content (AvgIpc) is 2.61. The smallest absolute Gasteiger partial charge is 0.288 e. The van der Waals surface area contributed by atoms with Crippen LogP contribution in [0.5, 0.6) is 0 Å². The lowest BCUT2D eigenvalue weighted by Gasteiger charge is -2.25. The van der Waals surface area contributed by atoms with Gasteiger partial charge in [-0.15, -0.1) is 0 Å². The lowest BCUT2D eigenvalue weighted by atomic mass is 9.88. The van der Waals surface area contributed by atoms with Crippen molar-refractivity contribution in [1.82, 2.24) is 5.32 Å². The maximum Gasteiger partial charge on any atom is 0.288 e. The zero-order chi connectivity index (χ0) is 17.8. The number of nitrogens with zero attached hydrogens (tertiary/aromatic N) is 1. The van der Waals surface area contributed by atoms with E-state index in [2.05, 4.69) is 11.4 Å². The molecule has 0 bridgehead atoms. The molecule has 0 spiro atoms. The lowest BCUT2D eigenvalue weighted by Crippen LogP contribution is -2.29. The number of fused-ring (bicyclic) bond motifs is 1. The molecule has 0 aromatic heterocycles. The quantitative estimate of drug-likeness (QED) is 0.499. The van der Waals surface area contributed by atoms with Crippen LogP contribution in [0, 0.1) is 10.1 Å². The standard InChI is InChI=1S/C19H17ClN2O3/c20-16-10-8-13(12-18(16)22(24)25)9-11-19(23)21-17-7-3-5-14-4-1-2-6-15(14)17/h1-2,4,6,8-12,17H,3,5,7H2,(H,21,23)/b11-9+. The third-order valence-corrected chi connectivity index (χ3v) is 4.60. The molecule has 0 fully saturated rings. The van der Waals surface area contributed by atoms with E-state index in [1.165, 1.54) is 23.8 Å². The number of hydrogen-bond acceptors (Lipinski definition) is 3. The predicted octanol–water partition coefficient (Wildman–Crippen LogP) is 4.46. The van der Waals surface area contributed by atoms with Crippen LogP contribution >= 0.6 is 11.6 Å². The highest BCUT2D eigenvalue weighted by atomic mass is 35.5. The Morgan fingerprint density at radius 1 is 1.28 bits per heavy atom. The van der Waals surface area contributed by atoms with E-state index in [1.54, 1.807) is 12.1 Å². The van der Waals surface area contributed by atoms with Crippen molar-refractivity contribution in [3.05, 3.63) is 80.4 Å². The maximum atomic E-state index is 12.2. The molecule has 3 rings (SSSR count). The molecule has 1 unspecified atom stereocenters. The van der Waals surface area contributed by atoms with E-state index >= 15 is 0 Å². The number of carbonyl (C=O) groups excluding carboxylic acids is 1. The molecule has 1 aliphatic rings. The normalized spacial score (nSPS) is 16.4. The minimum atomic E-state index is -0.543. The van der Waals surface area contributed by atoms with E-state index < -0.39 is 4.92 Å². The first-order chi connectivity index (χ1) is 12.0. The number of nitro benzene ring substituents is 1. The predicted molar refractivity (Wildman–Crippen MR) is 97.4 cm³/mol. The van der Waals surface area contributed by atoms with Gasteiger partial charge in [0.15, 0.2) is 0 Å². The van der Waals surface area contributed by atoms with Crippen molar-refractivity contribution in [2.24, 2.45) is 0 Å². The van der Waals surface area contributed by atoms with Crippen LogP contribution < -0.4 is 5.32 Å². The van der Waals surface area contributed by atoms with Gasteiger partial charge in [0.1, 0.15) is 5.02 Å². The van der Waals surface area contributed by atoms with Gasteiger partial charge >= 0.3 is 0 Å². The van der Waals surface area contributed by atoms with Crippen molar-refractivity contribution in [2.75, 3.05) is 0 Å². The summed E-state index contributed by atoms with van der Waals surface area (Å²) in [4.78, 5) is 22.6. The first-order valence-corrected chi connectivity index (χ1v) is 8.43. The van der Waals surface area contributed by atoms with E-state index in [1.807, 2.05) is 18.2 Å². The Morgan fingerprint density at radius 2 is 2.08 bits per heavy atom. The van der Waals surface area contributed by atoms with Crippen LogP contribution in [0.4, 0.5) is 5.69 Å². The highest BCUT2D eigenvalue weighted by molar-refractivity contribution is 6.32. The molecule has 1 N–H and O–H groups in total. The molecule has 25 heavy (non-hydrogen) atoms. The summed E-state index contributed by atoms with van der Waals surface area (Å²) >= 11 is 5.79. The van der Waals surface area contributed by atoms with Crippen molar-refractivity contribution in [3.63, 3.8) is 0 Å². The Morgan fingerprint density at radius 3 is 2.88 bits per heavy atom. The molecule has 1 amide bonds. The van der Waals surface area contributed by atoms with Gasteiger partial charge in [-0.2, -0.15) is 0 Å². The van der Waals surface area contributed by atoms with Crippen molar-refractivity contribution in [3.8, 4) is 0 Å². The number of carbonyl (C=O) groups is 1. The van der Waals surface area contributed by atoms with Gasteiger partial charge in [-0.3, -0.25) is 14.9 Å². The fourth-order valence-electron chi connectivity index (χ4n) is 3.07. The summed E-state index contributed by atoms with van der Waals surface area (Å²) < 4.78 is 0. The van der Waals surface area contributed by atoms with E-state index in [0.717, 1.165) is 24.8 Å². The summed E-state index contributed by atoms with van der Waals surface area (Å²) in [7, 11) is 0. The van der Waals surface area contributed by atoms with E-state index in [9.17, 15) is 14.9 Å². The van der Waals surface area contributed by atoms with E-state index in [-0.39, 0.29) is 22.7 Å². The molecule has 0 saturated carbocycles. The molecular weight excluding hydrogens is 340 g/mol. The molecule has 2 aromatic rings. The molecule has 6 heteroatoms. The zero-order valence-electron chi connectivity index (χ0n) is 13.4. The van der Waals surface area contributed by atoms with Crippen LogP contribution in [0.3, 0.4) is 0 Å². The molecule has 128 valence electrons. The van der Waals surface area contributed by atoms with Gasteiger partial charge in [0.05, 0.1) is 11.0 Å². The minimum Gasteiger partial charge on any atom is -0.346 e. The number of nitro groups is 1. The van der Waals surface area contributed by atoms with Crippen molar-refractivity contribution in [2.45, 2.75) is 25.3 Å². The van der Waals surface area contributed by atoms with Gasteiger partial charge in [-0.1, -0.05) is 41.9 Å². The number of hydrogen-bond donors (Lipinski definition) is 1. The number of nitrogens with one attached hydrogen (secondary N) is 1. The van der Waals surface area contributed by atoms with Gasteiger partial charge in [-0.25, -0.2) is 0 Å². The Hall–Kier alpha value is -2.66. The Labute approximate surface area is 150 Å². The first kappa shape index (κ1) is 17.2. The van der Waals surface area contributed by atoms with Gasteiger partial charge in [0, 0.05) is 12.1 Å². The highest BCUT2D eigenvalue weighted by Crippen LogP contribution is 2.29. The van der Waals surface area contributed by atoms with Gasteiger partial charge in [0.2, 0.25) is 5.91 Å². The highest BCUT2D eigenvalue weighted by Gasteiger charge is 2.20. The second-order valence-corrected chi connectivity index (χ2v) is 6.36. The van der Waals surface area contributed by atoms with Crippen molar-refractivity contribution < 1.29 is 9.72 Å². The maximum absolute atomic E-state index is 12.2. The van der Waals surface area contributed by atoms with Crippen LogP contribution in [0.2, 0.25) is 5.02 Å². The number of benzene rings is 2. The Bertz CT molecular complexity index is 848. The van der Waals surface area contributed by atoms with Gasteiger partial charge in [-0.05, 0) is 48.1 Å². The second kappa shape index (κ2) is 7.49. The third kappa shape index (κ3) is 4.06. The number of halogens is 1. The van der Waals surface area contributed by atoms with Crippen LogP contribution in [0.1, 0.15) is 35.6 Å². The fourth-order valence-corrected chi connectivity index (χ4v) is 3.26. The second-order valence-electron chi connectivity index (χ2n) is 5.95. The lowest BCUT2D eigenvalue weighted by molar-refractivity contribution is -0.384. The minimum absolute atomic E-state index is 0.00153. The fraction of sp³-hybridized carbons (Fsp3) is 0.211. The summed E-state index contributed by atoms with van der Waals surface area (Å²) in [6.07, 6.45) is 5.92. The Balaban J connectivity index is 1.70. The summed E-state index contributed by atoms with van der Waals surface area (Å²) in [5.41, 5.74) is 2.81. The molecule has 0 saturated heterocycles. The summed E-state index contributed by atoms with van der Waals surface area (Å²) in [6, 6.07) is 12.6.